The van der Waals surface area contributed by atoms with E-state index < -0.39 is 11.6 Å². The summed E-state index contributed by atoms with van der Waals surface area (Å²) < 4.78 is 5.49. The molecule has 0 bridgehead atoms. The number of barbiturate groups is 1. The van der Waals surface area contributed by atoms with Crippen molar-refractivity contribution in [1.29, 1.82) is 0 Å². The van der Waals surface area contributed by atoms with Crippen LogP contribution in [-0.2, 0) is 19.1 Å². The number of rotatable bonds is 5. The normalized spacial score (nSPS) is 37.9. The molecular formula is C25H34N4O6. The minimum absolute atomic E-state index is 0.0482. The number of hydrogen-bond acceptors (Lipinski definition) is 6. The maximum Gasteiger partial charge on any atom is 0.333 e. The average molecular weight is 487 g/mol. The van der Waals surface area contributed by atoms with Crippen LogP contribution >= 0.6 is 0 Å². The van der Waals surface area contributed by atoms with Crippen LogP contribution in [0.2, 0.25) is 0 Å². The fraction of sp³-hybridized carbons (Fsp3) is 0.800. The van der Waals surface area contributed by atoms with Gasteiger partial charge in [-0.2, -0.15) is 0 Å². The molecule has 0 N–H and O–H groups in total. The molecule has 10 nitrogen and oxygen atoms in total. The fourth-order valence-corrected chi connectivity index (χ4v) is 7.23. The van der Waals surface area contributed by atoms with E-state index in [9.17, 15) is 24.0 Å². The highest BCUT2D eigenvalue weighted by atomic mass is 16.5. The van der Waals surface area contributed by atoms with Crippen LogP contribution in [-0.4, -0.2) is 94.3 Å². The van der Waals surface area contributed by atoms with Gasteiger partial charge in [0.25, 0.3) is 5.91 Å². The zero-order valence-electron chi connectivity index (χ0n) is 20.4. The number of nitrogens with zero attached hydrogens (tertiary/aromatic N) is 4. The van der Waals surface area contributed by atoms with Gasteiger partial charge in [0.15, 0.2) is 0 Å². The summed E-state index contributed by atoms with van der Waals surface area (Å²) in [7, 11) is 1.57. The Morgan fingerprint density at radius 2 is 1.57 bits per heavy atom. The van der Waals surface area contributed by atoms with Crippen LogP contribution < -0.4 is 0 Å². The summed E-state index contributed by atoms with van der Waals surface area (Å²) in [6.45, 7) is 2.30. The molecule has 0 aromatic carbocycles. The van der Waals surface area contributed by atoms with Gasteiger partial charge in [0.2, 0.25) is 11.8 Å². The lowest BCUT2D eigenvalue weighted by Gasteiger charge is -2.59. The molecule has 6 fully saturated rings. The molecule has 10 heteroatoms. The Bertz CT molecular complexity index is 970. The third-order valence-corrected chi connectivity index (χ3v) is 9.36. The molecule has 3 aliphatic carbocycles. The Balaban J connectivity index is 1.12. The topological polar surface area (TPSA) is 108 Å². The SMILES string of the molecule is CN1C(=O)N(C[C@H]2CCOC2)C2(CC3(CCC(N4C(=O)CC(=O)N(CC5CC5)C4=O)CC3)C2)C1=O. The highest BCUT2D eigenvalue weighted by molar-refractivity contribution is 6.14. The minimum atomic E-state index is -0.758. The lowest BCUT2D eigenvalue weighted by Crippen LogP contribution is -2.66. The zero-order chi connectivity index (χ0) is 24.5. The Labute approximate surface area is 204 Å². The standard InChI is InChI=1S/C25H34N4O6/c1-26-21(32)25(28(22(26)33)12-17-6-9-35-13-17)14-24(15-25)7-4-18(5-8-24)29-20(31)10-19(30)27(23(29)34)11-16-2-3-16/h16-18H,2-15H2,1H3/t17-,18?,24?,25?/m1/s1. The van der Waals surface area contributed by atoms with Gasteiger partial charge in [0.1, 0.15) is 12.0 Å². The van der Waals surface area contributed by atoms with E-state index in [2.05, 4.69) is 0 Å². The van der Waals surface area contributed by atoms with Crippen molar-refractivity contribution in [3.63, 3.8) is 0 Å². The van der Waals surface area contributed by atoms with E-state index in [0.29, 0.717) is 57.9 Å². The molecule has 0 unspecified atom stereocenters. The first-order valence-corrected chi connectivity index (χ1v) is 13.1. The number of amides is 7. The Hall–Kier alpha value is -2.49. The lowest BCUT2D eigenvalue weighted by molar-refractivity contribution is -0.152. The number of likely N-dealkylation sites (N-methyl/N-ethyl adjacent to an activating group) is 1. The van der Waals surface area contributed by atoms with Crippen molar-refractivity contribution in [1.82, 2.24) is 19.6 Å². The molecule has 3 aliphatic heterocycles. The number of urea groups is 2. The van der Waals surface area contributed by atoms with E-state index in [1.165, 1.54) is 14.7 Å². The van der Waals surface area contributed by atoms with E-state index in [0.717, 1.165) is 32.1 Å². The zero-order valence-corrected chi connectivity index (χ0v) is 20.4. The van der Waals surface area contributed by atoms with Gasteiger partial charge in [-0.05, 0) is 69.1 Å². The first-order chi connectivity index (χ1) is 16.7. The summed E-state index contributed by atoms with van der Waals surface area (Å²) >= 11 is 0. The maximum absolute atomic E-state index is 13.2. The van der Waals surface area contributed by atoms with E-state index in [-0.39, 0.29) is 47.5 Å². The number of imide groups is 3. The molecule has 35 heavy (non-hydrogen) atoms. The monoisotopic (exact) mass is 486 g/mol. The molecule has 0 radical (unpaired) electrons. The first kappa shape index (κ1) is 22.9. The van der Waals surface area contributed by atoms with Crippen molar-refractivity contribution in [3.05, 3.63) is 0 Å². The van der Waals surface area contributed by atoms with Crippen molar-refractivity contribution >= 4 is 29.8 Å². The minimum Gasteiger partial charge on any atom is -0.381 e. The molecule has 0 aromatic rings. The summed E-state index contributed by atoms with van der Waals surface area (Å²) in [5, 5.41) is 0. The Morgan fingerprint density at radius 1 is 0.857 bits per heavy atom. The van der Waals surface area contributed by atoms with Gasteiger partial charge >= 0.3 is 12.1 Å². The summed E-state index contributed by atoms with van der Waals surface area (Å²) in [6, 6.07) is -0.870. The molecule has 1 atom stereocenters. The Kier molecular flexibility index (Phi) is 5.25. The van der Waals surface area contributed by atoms with Crippen LogP contribution in [0.15, 0.2) is 0 Å². The molecule has 3 saturated heterocycles. The molecule has 0 aromatic heterocycles. The van der Waals surface area contributed by atoms with Crippen molar-refractivity contribution in [3.8, 4) is 0 Å². The van der Waals surface area contributed by atoms with Crippen LogP contribution in [0.25, 0.3) is 0 Å². The van der Waals surface area contributed by atoms with Crippen molar-refractivity contribution in [2.45, 2.75) is 75.8 Å². The van der Waals surface area contributed by atoms with E-state index >= 15 is 0 Å². The van der Waals surface area contributed by atoms with Gasteiger partial charge in [-0.25, -0.2) is 9.59 Å². The van der Waals surface area contributed by atoms with Crippen LogP contribution in [0.5, 0.6) is 0 Å². The van der Waals surface area contributed by atoms with E-state index in [1.807, 2.05) is 0 Å². The number of carbonyl (C=O) groups excluding carboxylic acids is 5. The van der Waals surface area contributed by atoms with Crippen molar-refractivity contribution in [2.24, 2.45) is 17.3 Å². The van der Waals surface area contributed by atoms with Gasteiger partial charge in [-0.3, -0.25) is 29.1 Å². The second-order valence-electron chi connectivity index (χ2n) is 11.8. The number of ether oxygens (including phenoxy) is 1. The molecule has 7 amide bonds. The van der Waals surface area contributed by atoms with Crippen LogP contribution in [0.1, 0.15) is 64.2 Å². The third kappa shape index (κ3) is 3.58. The van der Waals surface area contributed by atoms with Crippen molar-refractivity contribution < 1.29 is 28.7 Å². The second kappa shape index (κ2) is 8.01. The van der Waals surface area contributed by atoms with E-state index in [4.69, 9.17) is 4.74 Å². The number of carbonyl (C=O) groups is 5. The molecule has 6 aliphatic rings. The third-order valence-electron chi connectivity index (χ3n) is 9.36. The highest BCUT2D eigenvalue weighted by Gasteiger charge is 2.68. The fourth-order valence-electron chi connectivity index (χ4n) is 7.23. The quantitative estimate of drug-likeness (QED) is 0.434. The highest BCUT2D eigenvalue weighted by Crippen LogP contribution is 2.61. The Morgan fingerprint density at radius 3 is 2.20 bits per heavy atom. The maximum atomic E-state index is 13.2. The van der Waals surface area contributed by atoms with Gasteiger partial charge in [-0.1, -0.05) is 0 Å². The van der Waals surface area contributed by atoms with Gasteiger partial charge < -0.3 is 9.64 Å². The van der Waals surface area contributed by atoms with Gasteiger partial charge in [0.05, 0.1) is 6.61 Å². The van der Waals surface area contributed by atoms with Crippen LogP contribution in [0.3, 0.4) is 0 Å². The molecule has 190 valence electrons. The van der Waals surface area contributed by atoms with Gasteiger partial charge in [-0.15, -0.1) is 0 Å². The van der Waals surface area contributed by atoms with Crippen LogP contribution in [0, 0.1) is 17.3 Å². The summed E-state index contributed by atoms with van der Waals surface area (Å²) in [5.74, 6) is -0.231. The first-order valence-electron chi connectivity index (χ1n) is 13.1. The van der Waals surface area contributed by atoms with Crippen LogP contribution in [0.4, 0.5) is 9.59 Å². The van der Waals surface area contributed by atoms with E-state index in [1.54, 1.807) is 11.9 Å². The number of hydrogen-bond donors (Lipinski definition) is 0. The predicted octanol–water partition coefficient (Wildman–Crippen LogP) is 1.97. The molecule has 6 rings (SSSR count). The van der Waals surface area contributed by atoms with Crippen molar-refractivity contribution in [2.75, 3.05) is 33.4 Å². The largest absolute Gasteiger partial charge is 0.381 e. The second-order valence-corrected chi connectivity index (χ2v) is 11.8. The smallest absolute Gasteiger partial charge is 0.333 e. The predicted molar refractivity (Wildman–Crippen MR) is 122 cm³/mol. The molecule has 3 heterocycles. The molecule has 2 spiro atoms. The molecular weight excluding hydrogens is 452 g/mol. The summed E-state index contributed by atoms with van der Waals surface area (Å²) in [5.41, 5.74) is -0.807. The van der Waals surface area contributed by atoms with Gasteiger partial charge in [0, 0.05) is 38.7 Å². The summed E-state index contributed by atoms with van der Waals surface area (Å²) in [4.78, 5) is 69.9. The average Bonchev–Trinajstić information content (AvgIpc) is 3.45. The molecule has 3 saturated carbocycles. The summed E-state index contributed by atoms with van der Waals surface area (Å²) in [6.07, 6.45) is 6.97. The lowest BCUT2D eigenvalue weighted by atomic mass is 9.51.